The molecule has 232 valence electrons. The summed E-state index contributed by atoms with van der Waals surface area (Å²) in [5.74, 6) is -1.42. The monoisotopic (exact) mass is 612 g/mol. The van der Waals surface area contributed by atoms with Crippen LogP contribution >= 0.6 is 0 Å². The fourth-order valence-electron chi connectivity index (χ4n) is 9.83. The minimum Gasteiger partial charge on any atom is -0.726 e. The Kier molecular flexibility index (Phi) is 10.4. The van der Waals surface area contributed by atoms with E-state index in [1.54, 1.807) is 0 Å². The van der Waals surface area contributed by atoms with Gasteiger partial charge in [0.15, 0.2) is 0 Å². The molecular formula is C29H49NaO10S. The molecule has 4 aliphatic rings. The quantitative estimate of drug-likeness (QED) is 0.0826. The van der Waals surface area contributed by atoms with Gasteiger partial charge in [-0.2, -0.15) is 0 Å². The van der Waals surface area contributed by atoms with Crippen LogP contribution < -0.4 is 29.6 Å². The topological polar surface area (TPSA) is 188 Å². The van der Waals surface area contributed by atoms with Crippen LogP contribution in [-0.4, -0.2) is 85.3 Å². The predicted octanol–water partition coefficient (Wildman–Crippen LogP) is -1.37. The van der Waals surface area contributed by atoms with Gasteiger partial charge in [-0.1, -0.05) is 39.8 Å². The Morgan fingerprint density at radius 2 is 1.73 bits per heavy atom. The fourth-order valence-corrected chi connectivity index (χ4v) is 10.2. The molecule has 0 bridgehead atoms. The molecule has 4 fully saturated rings. The van der Waals surface area contributed by atoms with Gasteiger partial charge >= 0.3 is 29.6 Å². The van der Waals surface area contributed by atoms with Crippen molar-refractivity contribution in [1.82, 2.24) is 0 Å². The summed E-state index contributed by atoms with van der Waals surface area (Å²) in [6.45, 7) is 8.65. The van der Waals surface area contributed by atoms with E-state index in [0.717, 1.165) is 6.42 Å². The molecule has 0 aliphatic heterocycles. The molecule has 0 saturated heterocycles. The predicted molar refractivity (Wildman–Crippen MR) is 145 cm³/mol. The summed E-state index contributed by atoms with van der Waals surface area (Å²) in [4.78, 5) is 0. The molecule has 0 aromatic rings. The van der Waals surface area contributed by atoms with Crippen molar-refractivity contribution in [2.45, 2.75) is 121 Å². The number of aliphatic hydroxyl groups is 6. The van der Waals surface area contributed by atoms with Crippen LogP contribution in [0.1, 0.15) is 86.0 Å². The first-order valence-electron chi connectivity index (χ1n) is 14.7. The number of hydrogen-bond acceptors (Lipinski definition) is 10. The van der Waals surface area contributed by atoms with Crippen molar-refractivity contribution in [2.75, 3.05) is 6.61 Å². The number of hydrogen-bond donors (Lipinski definition) is 6. The molecule has 4 aliphatic carbocycles. The molecule has 4 rings (SSSR count). The van der Waals surface area contributed by atoms with Gasteiger partial charge in [0.25, 0.3) is 0 Å². The maximum absolute atomic E-state index is 12.4. The Labute approximate surface area is 266 Å². The van der Waals surface area contributed by atoms with Crippen LogP contribution in [0.2, 0.25) is 0 Å². The Hall–Kier alpha value is 0.370. The first kappa shape index (κ1) is 35.8. The van der Waals surface area contributed by atoms with E-state index in [2.05, 4.69) is 11.1 Å². The summed E-state index contributed by atoms with van der Waals surface area (Å²) in [5, 5.41) is 67.9. The molecule has 0 heterocycles. The third-order valence-corrected chi connectivity index (χ3v) is 12.3. The van der Waals surface area contributed by atoms with E-state index in [1.807, 2.05) is 32.9 Å². The Balaban J connectivity index is 0.00000462. The second-order valence-corrected chi connectivity index (χ2v) is 15.3. The zero-order valence-corrected chi connectivity index (χ0v) is 28.2. The summed E-state index contributed by atoms with van der Waals surface area (Å²) in [6.07, 6.45) is 4.26. The molecule has 0 aromatic carbocycles. The summed E-state index contributed by atoms with van der Waals surface area (Å²) < 4.78 is 37.1. The van der Waals surface area contributed by atoms with Gasteiger partial charge in [-0.15, -0.1) is 0 Å². The average molecular weight is 613 g/mol. The van der Waals surface area contributed by atoms with E-state index in [0.29, 0.717) is 32.1 Å². The second-order valence-electron chi connectivity index (χ2n) is 14.2. The van der Waals surface area contributed by atoms with E-state index in [-0.39, 0.29) is 60.2 Å². The van der Waals surface area contributed by atoms with E-state index in [9.17, 15) is 43.6 Å². The van der Waals surface area contributed by atoms with Gasteiger partial charge in [0.05, 0.1) is 41.7 Å². The van der Waals surface area contributed by atoms with Crippen LogP contribution in [0.25, 0.3) is 0 Å². The summed E-state index contributed by atoms with van der Waals surface area (Å²) >= 11 is 0. The Bertz CT molecular complexity index is 1090. The molecule has 5 unspecified atom stereocenters. The zero-order valence-electron chi connectivity index (χ0n) is 25.4. The Morgan fingerprint density at radius 1 is 1.10 bits per heavy atom. The van der Waals surface area contributed by atoms with Gasteiger partial charge in [-0.3, -0.25) is 4.18 Å². The number of rotatable bonds is 8. The van der Waals surface area contributed by atoms with Crippen molar-refractivity contribution >= 4 is 10.4 Å². The standard InChI is InChI=1S/C29H50O10S.Na/c1-6-18(27(5,33)16-39-40(36,37)38)8-7-17(2)20-13-21(31)24-25(20,3)11-10-22-26(4)12-9-19(30)14-29(26,35)23(32)15-28(22,24)34;/h7-8,17-24,30-35H,6,9-16H2,1-5H3,(H,36,37,38);/q;+1/p-1/b8-7+;/t17?,18-,19+,20-,21?,22?,23-,24?,25-,26-,27+,28+,29?;/m1./s1. The number of aliphatic hydroxyl groups excluding tert-OH is 3. The van der Waals surface area contributed by atoms with Crippen LogP contribution in [0.5, 0.6) is 0 Å². The largest absolute Gasteiger partial charge is 1.00 e. The van der Waals surface area contributed by atoms with Gasteiger partial charge in [0, 0.05) is 30.1 Å². The molecular weight excluding hydrogens is 563 g/mol. The molecule has 0 amide bonds. The molecule has 41 heavy (non-hydrogen) atoms. The zero-order chi connectivity index (χ0) is 30.1. The van der Waals surface area contributed by atoms with E-state index in [4.69, 9.17) is 0 Å². The molecule has 10 nitrogen and oxygen atoms in total. The number of allylic oxidation sites excluding steroid dienone is 1. The molecule has 12 heteroatoms. The summed E-state index contributed by atoms with van der Waals surface area (Å²) in [6, 6.07) is 0. The van der Waals surface area contributed by atoms with E-state index < -0.39 is 74.8 Å². The number of fused-ring (bicyclic) bond motifs is 5. The van der Waals surface area contributed by atoms with E-state index in [1.165, 1.54) is 6.92 Å². The molecule has 0 spiro atoms. The summed E-state index contributed by atoms with van der Waals surface area (Å²) in [7, 11) is -4.94. The van der Waals surface area contributed by atoms with Gasteiger partial charge in [0.1, 0.15) is 0 Å². The maximum atomic E-state index is 12.4. The average Bonchev–Trinajstić information content (AvgIpc) is 3.11. The maximum Gasteiger partial charge on any atom is 1.00 e. The van der Waals surface area contributed by atoms with Crippen molar-refractivity contribution in [1.29, 1.82) is 0 Å². The van der Waals surface area contributed by atoms with Crippen molar-refractivity contribution in [3.05, 3.63) is 12.2 Å². The summed E-state index contributed by atoms with van der Waals surface area (Å²) in [5.41, 5.74) is -5.74. The van der Waals surface area contributed by atoms with Gasteiger partial charge in [-0.25, -0.2) is 8.42 Å². The van der Waals surface area contributed by atoms with Crippen molar-refractivity contribution in [3.63, 3.8) is 0 Å². The molecule has 0 aromatic heterocycles. The van der Waals surface area contributed by atoms with E-state index >= 15 is 0 Å². The molecule has 4 saturated carbocycles. The minimum atomic E-state index is -4.94. The smallest absolute Gasteiger partial charge is 0.726 e. The molecule has 0 radical (unpaired) electrons. The SMILES string of the molecule is CC[C@H](/C=C/C(C)[C@H]1CC(O)C2[C@]3(O)C[C@@H](O)C4(O)C[C@@H](O)CC[C@]4(C)C3CC[C@@]21C)[C@@](C)(O)COS(=O)(=O)[O-].[Na+]. The third-order valence-electron chi connectivity index (χ3n) is 11.9. The van der Waals surface area contributed by atoms with Gasteiger partial charge in [0.2, 0.25) is 10.4 Å². The first-order valence-corrected chi connectivity index (χ1v) is 16.1. The van der Waals surface area contributed by atoms with Crippen molar-refractivity contribution < 1.29 is 77.4 Å². The third kappa shape index (κ3) is 6.02. The normalized spacial score (nSPS) is 47.4. The van der Waals surface area contributed by atoms with Crippen LogP contribution in [0.15, 0.2) is 12.2 Å². The molecule has 13 atom stereocenters. The minimum absolute atomic E-state index is 0. The fraction of sp³-hybridized carbons (Fsp3) is 0.931. The Morgan fingerprint density at radius 3 is 2.32 bits per heavy atom. The van der Waals surface area contributed by atoms with Gasteiger partial charge < -0.3 is 35.2 Å². The van der Waals surface area contributed by atoms with Crippen LogP contribution in [-0.2, 0) is 14.6 Å². The van der Waals surface area contributed by atoms with Crippen molar-refractivity contribution in [3.8, 4) is 0 Å². The second kappa shape index (κ2) is 11.9. The van der Waals surface area contributed by atoms with Crippen LogP contribution in [0.4, 0.5) is 0 Å². The van der Waals surface area contributed by atoms with Crippen molar-refractivity contribution in [2.24, 2.45) is 40.4 Å². The van der Waals surface area contributed by atoms with Crippen LogP contribution in [0.3, 0.4) is 0 Å². The van der Waals surface area contributed by atoms with Gasteiger partial charge in [-0.05, 0) is 68.6 Å². The van der Waals surface area contributed by atoms with Crippen LogP contribution in [0, 0.1) is 40.4 Å². The first-order chi connectivity index (χ1) is 18.2. The molecule has 6 N–H and O–H groups in total.